The van der Waals surface area contributed by atoms with E-state index in [-0.39, 0.29) is 17.9 Å². The maximum Gasteiger partial charge on any atom is 0.228 e. The van der Waals surface area contributed by atoms with Crippen LogP contribution >= 0.6 is 0 Å². The van der Waals surface area contributed by atoms with E-state index in [9.17, 15) is 4.79 Å². The lowest BCUT2D eigenvalue weighted by molar-refractivity contribution is -0.120. The van der Waals surface area contributed by atoms with Crippen molar-refractivity contribution in [1.82, 2.24) is 5.32 Å². The lowest BCUT2D eigenvalue weighted by Gasteiger charge is -2.19. The molecule has 0 aromatic rings. The summed E-state index contributed by atoms with van der Waals surface area (Å²) in [5, 5.41) is 2.47. The van der Waals surface area contributed by atoms with Gasteiger partial charge in [-0.05, 0) is 12.3 Å². The van der Waals surface area contributed by atoms with Gasteiger partial charge < -0.3 is 5.73 Å². The maximum atomic E-state index is 11.0. The Morgan fingerprint density at radius 1 is 1.75 bits per heavy atom. The van der Waals surface area contributed by atoms with Crippen molar-refractivity contribution < 1.29 is 4.79 Å². The van der Waals surface area contributed by atoms with Crippen molar-refractivity contribution in [3.63, 3.8) is 0 Å². The predicted octanol–water partition coefficient (Wildman–Crippen LogP) is 0.236. The molecule has 0 fully saturated rings. The Morgan fingerprint density at radius 3 is 2.92 bits per heavy atom. The van der Waals surface area contributed by atoms with Crippen molar-refractivity contribution in [1.29, 1.82) is 0 Å². The van der Waals surface area contributed by atoms with Crippen LogP contribution < -0.4 is 11.1 Å². The van der Waals surface area contributed by atoms with Crippen molar-refractivity contribution >= 4 is 11.9 Å². The minimum atomic E-state index is -0.0202. The molecule has 1 amide bonds. The van der Waals surface area contributed by atoms with E-state index in [1.807, 2.05) is 0 Å². The molecular formula is C8H15N3O. The number of nitrogens with zero attached hydrogens (tertiary/aromatic N) is 1. The van der Waals surface area contributed by atoms with Gasteiger partial charge in [0.2, 0.25) is 5.91 Å². The number of hydrogen-bond acceptors (Lipinski definition) is 3. The van der Waals surface area contributed by atoms with Crippen molar-refractivity contribution in [3.05, 3.63) is 0 Å². The van der Waals surface area contributed by atoms with Crippen molar-refractivity contribution in [2.45, 2.75) is 32.7 Å². The van der Waals surface area contributed by atoms with Crippen LogP contribution in [-0.4, -0.2) is 17.9 Å². The van der Waals surface area contributed by atoms with Gasteiger partial charge >= 0.3 is 0 Å². The zero-order chi connectivity index (χ0) is 9.14. The Balaban J connectivity index is 2.54. The smallest absolute Gasteiger partial charge is 0.228 e. The highest BCUT2D eigenvalue weighted by molar-refractivity contribution is 5.98. The molecule has 1 heterocycles. The van der Waals surface area contributed by atoms with Crippen LogP contribution in [0.3, 0.4) is 0 Å². The number of amides is 1. The van der Waals surface area contributed by atoms with Gasteiger partial charge in [-0.25, -0.2) is 4.99 Å². The molecule has 1 atom stereocenters. The molecule has 1 aliphatic rings. The zero-order valence-electron chi connectivity index (χ0n) is 7.50. The predicted molar refractivity (Wildman–Crippen MR) is 47.6 cm³/mol. The second-order valence-corrected chi connectivity index (χ2v) is 3.55. The standard InChI is InChI=1S/C8H15N3O/c1-5(2)3-6-4-7(12)11-8(9)10-6/h5-6H,3-4H2,1-2H3,(H3,9,10,11,12)/t6-/m0/s1. The molecule has 12 heavy (non-hydrogen) atoms. The highest BCUT2D eigenvalue weighted by Crippen LogP contribution is 2.13. The Hall–Kier alpha value is -1.06. The highest BCUT2D eigenvalue weighted by atomic mass is 16.1. The molecule has 4 nitrogen and oxygen atoms in total. The van der Waals surface area contributed by atoms with Gasteiger partial charge in [-0.15, -0.1) is 0 Å². The van der Waals surface area contributed by atoms with Gasteiger partial charge in [0.1, 0.15) is 0 Å². The van der Waals surface area contributed by atoms with Crippen molar-refractivity contribution in [2.75, 3.05) is 0 Å². The number of aliphatic imine (C=N–C) groups is 1. The third kappa shape index (κ3) is 2.53. The molecule has 0 saturated carbocycles. The van der Waals surface area contributed by atoms with E-state index in [2.05, 4.69) is 24.2 Å². The number of hydrogen-bond donors (Lipinski definition) is 2. The fraction of sp³-hybridized carbons (Fsp3) is 0.750. The molecule has 0 spiro atoms. The minimum absolute atomic E-state index is 0.0202. The van der Waals surface area contributed by atoms with E-state index in [0.717, 1.165) is 6.42 Å². The zero-order valence-corrected chi connectivity index (χ0v) is 7.50. The van der Waals surface area contributed by atoms with Crippen LogP contribution in [0.1, 0.15) is 26.7 Å². The molecule has 4 heteroatoms. The number of nitrogens with two attached hydrogens (primary N) is 1. The van der Waals surface area contributed by atoms with E-state index in [0.29, 0.717) is 12.3 Å². The van der Waals surface area contributed by atoms with Gasteiger partial charge in [-0.3, -0.25) is 10.1 Å². The first-order valence-corrected chi connectivity index (χ1v) is 4.21. The van der Waals surface area contributed by atoms with Gasteiger partial charge in [0.05, 0.1) is 6.04 Å². The topological polar surface area (TPSA) is 67.5 Å². The van der Waals surface area contributed by atoms with E-state index in [1.165, 1.54) is 0 Å². The van der Waals surface area contributed by atoms with Crippen LogP contribution in [-0.2, 0) is 4.79 Å². The molecule has 0 saturated heterocycles. The molecule has 0 unspecified atom stereocenters. The molecule has 0 bridgehead atoms. The van der Waals surface area contributed by atoms with Crippen LogP contribution in [0.4, 0.5) is 0 Å². The van der Waals surface area contributed by atoms with Crippen LogP contribution in [0.5, 0.6) is 0 Å². The average molecular weight is 169 g/mol. The summed E-state index contributed by atoms with van der Waals surface area (Å²) in [5.41, 5.74) is 5.41. The van der Waals surface area contributed by atoms with Gasteiger partial charge in [-0.1, -0.05) is 13.8 Å². The Labute approximate surface area is 72.2 Å². The number of nitrogens with one attached hydrogen (secondary N) is 1. The van der Waals surface area contributed by atoms with Crippen molar-refractivity contribution in [3.8, 4) is 0 Å². The Kier molecular flexibility index (Phi) is 2.68. The molecule has 0 aliphatic carbocycles. The summed E-state index contributed by atoms with van der Waals surface area (Å²) in [7, 11) is 0. The summed E-state index contributed by atoms with van der Waals surface area (Å²) in [5.74, 6) is 0.794. The van der Waals surface area contributed by atoms with E-state index >= 15 is 0 Å². The van der Waals surface area contributed by atoms with E-state index < -0.39 is 0 Å². The number of carbonyl (C=O) groups is 1. The van der Waals surface area contributed by atoms with E-state index in [4.69, 9.17) is 5.73 Å². The molecule has 0 radical (unpaired) electrons. The number of carbonyl (C=O) groups excluding carboxylic acids is 1. The van der Waals surface area contributed by atoms with Crippen molar-refractivity contribution in [2.24, 2.45) is 16.6 Å². The fourth-order valence-electron chi connectivity index (χ4n) is 1.36. The third-order valence-electron chi connectivity index (χ3n) is 1.75. The second kappa shape index (κ2) is 3.56. The highest BCUT2D eigenvalue weighted by Gasteiger charge is 2.19. The average Bonchev–Trinajstić information content (AvgIpc) is 1.81. The molecule has 0 aromatic heterocycles. The second-order valence-electron chi connectivity index (χ2n) is 3.55. The summed E-state index contributed by atoms with van der Waals surface area (Å²) in [6.07, 6.45) is 1.40. The summed E-state index contributed by atoms with van der Waals surface area (Å²) in [6, 6.07) is 0.0822. The first-order valence-electron chi connectivity index (χ1n) is 4.21. The van der Waals surface area contributed by atoms with Crippen LogP contribution in [0.15, 0.2) is 4.99 Å². The lowest BCUT2D eigenvalue weighted by atomic mass is 10.0. The first-order chi connectivity index (χ1) is 5.58. The summed E-state index contributed by atoms with van der Waals surface area (Å²) < 4.78 is 0. The van der Waals surface area contributed by atoms with E-state index in [1.54, 1.807) is 0 Å². The Morgan fingerprint density at radius 2 is 2.42 bits per heavy atom. The maximum absolute atomic E-state index is 11.0. The van der Waals surface area contributed by atoms with Gasteiger partial charge in [0, 0.05) is 6.42 Å². The Bertz CT molecular complexity index is 210. The number of guanidine groups is 1. The number of rotatable bonds is 2. The SMILES string of the molecule is CC(C)C[C@H]1CC(=O)NC(N)=N1. The largest absolute Gasteiger partial charge is 0.370 e. The first kappa shape index (κ1) is 9.03. The molecule has 1 rings (SSSR count). The minimum Gasteiger partial charge on any atom is -0.370 e. The van der Waals surface area contributed by atoms with Gasteiger partial charge in [0.25, 0.3) is 0 Å². The summed E-state index contributed by atoms with van der Waals surface area (Å²) >= 11 is 0. The van der Waals surface area contributed by atoms with Crippen LogP contribution in [0, 0.1) is 5.92 Å². The molecular weight excluding hydrogens is 154 g/mol. The van der Waals surface area contributed by atoms with Crippen LogP contribution in [0.2, 0.25) is 0 Å². The van der Waals surface area contributed by atoms with Gasteiger partial charge in [0.15, 0.2) is 5.96 Å². The van der Waals surface area contributed by atoms with Crippen LogP contribution in [0.25, 0.3) is 0 Å². The summed E-state index contributed by atoms with van der Waals surface area (Å²) in [4.78, 5) is 15.1. The lowest BCUT2D eigenvalue weighted by Crippen LogP contribution is -2.43. The third-order valence-corrected chi connectivity index (χ3v) is 1.75. The molecule has 1 aliphatic heterocycles. The summed E-state index contributed by atoms with van der Waals surface area (Å²) in [6.45, 7) is 4.22. The normalized spacial score (nSPS) is 23.8. The fourth-order valence-corrected chi connectivity index (χ4v) is 1.36. The molecule has 3 N–H and O–H groups in total. The molecule has 0 aromatic carbocycles. The quantitative estimate of drug-likeness (QED) is 0.621. The van der Waals surface area contributed by atoms with Gasteiger partial charge in [-0.2, -0.15) is 0 Å². The molecule has 68 valence electrons. The monoisotopic (exact) mass is 169 g/mol.